The fraction of sp³-hybridized carbons (Fsp3) is 0.417. The summed E-state index contributed by atoms with van der Waals surface area (Å²) < 4.78 is 16.9. The minimum absolute atomic E-state index is 0.470. The monoisotopic (exact) mass is 237 g/mol. The van der Waals surface area contributed by atoms with Gasteiger partial charge in [0.05, 0.1) is 18.9 Å². The first-order valence-corrected chi connectivity index (χ1v) is 6.60. The van der Waals surface area contributed by atoms with Crippen LogP contribution in [-0.2, 0) is 16.6 Å². The third-order valence-corrected chi connectivity index (χ3v) is 3.55. The average Bonchev–Trinajstić information content (AvgIpc) is 2.30. The highest BCUT2D eigenvalue weighted by atomic mass is 32.2. The number of methoxy groups -OCH3 is 1. The number of hydrogen-bond donors (Lipinski definition) is 0. The highest BCUT2D eigenvalue weighted by Crippen LogP contribution is 2.19. The second-order valence-corrected chi connectivity index (χ2v) is 4.94. The van der Waals surface area contributed by atoms with Crippen LogP contribution in [0.1, 0.15) is 18.4 Å². The maximum Gasteiger partial charge on any atom is 0.122 e. The van der Waals surface area contributed by atoms with Gasteiger partial charge in [0, 0.05) is 28.5 Å². The van der Waals surface area contributed by atoms with Crippen molar-refractivity contribution in [1.82, 2.24) is 0 Å². The predicted octanol–water partition coefficient (Wildman–Crippen LogP) is 2.25. The lowest BCUT2D eigenvalue weighted by atomic mass is 10.2. The van der Waals surface area contributed by atoms with Gasteiger partial charge in [-0.05, 0) is 12.5 Å². The molecule has 1 rings (SSSR count). The molecule has 16 heavy (non-hydrogen) atoms. The molecule has 1 aromatic carbocycles. The van der Waals surface area contributed by atoms with Gasteiger partial charge in [0.2, 0.25) is 0 Å². The molecule has 0 radical (unpaired) electrons. The zero-order chi connectivity index (χ0) is 11.8. The number of benzene rings is 1. The van der Waals surface area contributed by atoms with Crippen LogP contribution >= 0.6 is 0 Å². The Balaban J connectivity index is 2.53. The standard InChI is InChI=1S/C12H15NO2S/c1-15-12-7-3-2-6-11(12)10-16(14)9-5-4-8-13/h2-3,6-7H,4-5,9-10H2,1H3. The minimum atomic E-state index is -0.915. The molecule has 0 fully saturated rings. The lowest BCUT2D eigenvalue weighted by molar-refractivity contribution is 0.411. The molecule has 0 aliphatic rings. The molecule has 1 unspecified atom stereocenters. The van der Waals surface area contributed by atoms with E-state index in [-0.39, 0.29) is 0 Å². The second kappa shape index (κ2) is 7.02. The van der Waals surface area contributed by atoms with Gasteiger partial charge in [-0.2, -0.15) is 5.26 Å². The number of rotatable bonds is 6. The lowest BCUT2D eigenvalue weighted by Gasteiger charge is -2.07. The van der Waals surface area contributed by atoms with Gasteiger partial charge in [-0.3, -0.25) is 4.21 Å². The van der Waals surface area contributed by atoms with Gasteiger partial charge in [0.1, 0.15) is 5.75 Å². The molecular weight excluding hydrogens is 222 g/mol. The number of ether oxygens (including phenoxy) is 1. The zero-order valence-electron chi connectivity index (χ0n) is 9.31. The minimum Gasteiger partial charge on any atom is -0.496 e. The number of para-hydroxylation sites is 1. The van der Waals surface area contributed by atoms with Crippen molar-refractivity contribution in [3.05, 3.63) is 29.8 Å². The van der Waals surface area contributed by atoms with Crippen LogP contribution < -0.4 is 4.74 Å². The molecule has 0 saturated carbocycles. The van der Waals surface area contributed by atoms with Gasteiger partial charge >= 0.3 is 0 Å². The van der Waals surface area contributed by atoms with Gasteiger partial charge in [-0.1, -0.05) is 18.2 Å². The molecule has 0 N–H and O–H groups in total. The van der Waals surface area contributed by atoms with Crippen LogP contribution in [0.15, 0.2) is 24.3 Å². The Morgan fingerprint density at radius 1 is 1.44 bits per heavy atom. The van der Waals surface area contributed by atoms with E-state index in [1.165, 1.54) is 0 Å². The molecule has 0 bridgehead atoms. The Labute approximate surface area is 98.5 Å². The van der Waals surface area contributed by atoms with Crippen molar-refractivity contribution >= 4 is 10.8 Å². The van der Waals surface area contributed by atoms with Crippen LogP contribution in [0, 0.1) is 11.3 Å². The molecule has 0 heterocycles. The molecule has 0 saturated heterocycles. The third kappa shape index (κ3) is 4.03. The topological polar surface area (TPSA) is 50.1 Å². The van der Waals surface area contributed by atoms with Crippen molar-refractivity contribution in [2.75, 3.05) is 12.9 Å². The summed E-state index contributed by atoms with van der Waals surface area (Å²) in [4.78, 5) is 0. The van der Waals surface area contributed by atoms with Gasteiger partial charge in [-0.15, -0.1) is 0 Å². The molecule has 0 aromatic heterocycles. The Hall–Kier alpha value is -1.34. The fourth-order valence-corrected chi connectivity index (χ4v) is 2.58. The highest BCUT2D eigenvalue weighted by Gasteiger charge is 2.06. The SMILES string of the molecule is COc1ccccc1CS(=O)CCCC#N. The second-order valence-electron chi connectivity index (χ2n) is 3.36. The van der Waals surface area contributed by atoms with Gasteiger partial charge in [0.15, 0.2) is 0 Å². The maximum atomic E-state index is 11.7. The molecule has 4 heteroatoms. The third-order valence-electron chi connectivity index (χ3n) is 2.17. The number of unbranched alkanes of at least 4 members (excludes halogenated alkanes) is 1. The fourth-order valence-electron chi connectivity index (χ4n) is 1.38. The Morgan fingerprint density at radius 3 is 2.88 bits per heavy atom. The normalized spacial score (nSPS) is 11.8. The molecule has 0 amide bonds. The highest BCUT2D eigenvalue weighted by molar-refractivity contribution is 7.84. The molecular formula is C12H15NO2S. The van der Waals surface area contributed by atoms with Crippen LogP contribution in [0.5, 0.6) is 5.75 Å². The Kier molecular flexibility index (Phi) is 5.58. The summed E-state index contributed by atoms with van der Waals surface area (Å²) in [5.74, 6) is 1.84. The van der Waals surface area contributed by atoms with E-state index in [1.54, 1.807) is 7.11 Å². The summed E-state index contributed by atoms with van der Waals surface area (Å²) in [6, 6.07) is 9.63. The zero-order valence-corrected chi connectivity index (χ0v) is 10.1. The number of nitriles is 1. The van der Waals surface area contributed by atoms with Gasteiger partial charge in [-0.25, -0.2) is 0 Å². The van der Waals surface area contributed by atoms with E-state index in [2.05, 4.69) is 6.07 Å². The van der Waals surface area contributed by atoms with E-state index in [1.807, 2.05) is 24.3 Å². The molecule has 0 aliphatic carbocycles. The van der Waals surface area contributed by atoms with Crippen molar-refractivity contribution in [2.45, 2.75) is 18.6 Å². The first kappa shape index (κ1) is 12.7. The van der Waals surface area contributed by atoms with E-state index in [0.717, 1.165) is 11.3 Å². The number of nitrogens with zero attached hydrogens (tertiary/aromatic N) is 1. The quantitative estimate of drug-likeness (QED) is 0.713. The van der Waals surface area contributed by atoms with Gasteiger partial charge < -0.3 is 4.74 Å². The first-order valence-electron chi connectivity index (χ1n) is 5.11. The molecule has 1 atom stereocenters. The smallest absolute Gasteiger partial charge is 0.122 e. The molecule has 0 spiro atoms. The van der Waals surface area contributed by atoms with Crippen LogP contribution in [-0.4, -0.2) is 17.1 Å². The average molecular weight is 237 g/mol. The van der Waals surface area contributed by atoms with E-state index in [9.17, 15) is 4.21 Å². The van der Waals surface area contributed by atoms with Crippen molar-refractivity contribution in [1.29, 1.82) is 5.26 Å². The first-order chi connectivity index (χ1) is 7.77. The molecule has 0 aliphatic heterocycles. The summed E-state index contributed by atoms with van der Waals surface area (Å²) in [5, 5.41) is 8.38. The van der Waals surface area contributed by atoms with E-state index < -0.39 is 10.8 Å². The molecule has 86 valence electrons. The molecule has 3 nitrogen and oxygen atoms in total. The van der Waals surface area contributed by atoms with Crippen LogP contribution in [0.3, 0.4) is 0 Å². The Bertz CT molecular complexity index is 398. The van der Waals surface area contributed by atoms with Crippen LogP contribution in [0.2, 0.25) is 0 Å². The van der Waals surface area contributed by atoms with Crippen LogP contribution in [0.4, 0.5) is 0 Å². The van der Waals surface area contributed by atoms with Crippen molar-refractivity contribution < 1.29 is 8.95 Å². The van der Waals surface area contributed by atoms with Crippen LogP contribution in [0.25, 0.3) is 0 Å². The van der Waals surface area contributed by atoms with E-state index in [4.69, 9.17) is 10.00 Å². The molecule has 1 aromatic rings. The predicted molar refractivity (Wildman–Crippen MR) is 64.6 cm³/mol. The lowest BCUT2D eigenvalue weighted by Crippen LogP contribution is -2.02. The van der Waals surface area contributed by atoms with Gasteiger partial charge in [0.25, 0.3) is 0 Å². The van der Waals surface area contributed by atoms with E-state index in [0.29, 0.717) is 24.3 Å². The summed E-state index contributed by atoms with van der Waals surface area (Å²) in [5.41, 5.74) is 0.959. The number of hydrogen-bond acceptors (Lipinski definition) is 3. The maximum absolute atomic E-state index is 11.7. The van der Waals surface area contributed by atoms with E-state index >= 15 is 0 Å². The summed E-state index contributed by atoms with van der Waals surface area (Å²) in [6.45, 7) is 0. The summed E-state index contributed by atoms with van der Waals surface area (Å²) in [7, 11) is 0.693. The van der Waals surface area contributed by atoms with Crippen molar-refractivity contribution in [2.24, 2.45) is 0 Å². The summed E-state index contributed by atoms with van der Waals surface area (Å²) in [6.07, 6.45) is 1.16. The van der Waals surface area contributed by atoms with Crippen molar-refractivity contribution in [3.8, 4) is 11.8 Å². The Morgan fingerprint density at radius 2 is 2.19 bits per heavy atom. The largest absolute Gasteiger partial charge is 0.496 e. The summed E-state index contributed by atoms with van der Waals surface area (Å²) >= 11 is 0. The van der Waals surface area contributed by atoms with Crippen molar-refractivity contribution in [3.63, 3.8) is 0 Å².